The van der Waals surface area contributed by atoms with Gasteiger partial charge in [-0.25, -0.2) is 9.97 Å². The summed E-state index contributed by atoms with van der Waals surface area (Å²) >= 11 is 0. The Balaban J connectivity index is 1.52. The van der Waals surface area contributed by atoms with E-state index in [0.29, 0.717) is 12.2 Å². The minimum absolute atomic E-state index is 0.150. The third kappa shape index (κ3) is 3.71. The quantitative estimate of drug-likeness (QED) is 0.709. The van der Waals surface area contributed by atoms with Crippen LogP contribution in [0.15, 0.2) is 49.2 Å². The van der Waals surface area contributed by atoms with E-state index in [-0.39, 0.29) is 5.91 Å². The van der Waals surface area contributed by atoms with Crippen LogP contribution in [-0.2, 0) is 6.54 Å². The van der Waals surface area contributed by atoms with Gasteiger partial charge in [-0.1, -0.05) is 17.7 Å². The highest BCUT2D eigenvalue weighted by Crippen LogP contribution is 2.10. The van der Waals surface area contributed by atoms with Gasteiger partial charge in [0.25, 0.3) is 5.91 Å². The van der Waals surface area contributed by atoms with E-state index in [9.17, 15) is 4.79 Å². The minimum Gasteiger partial charge on any atom is -0.351 e. The van der Waals surface area contributed by atoms with Crippen molar-refractivity contribution in [2.24, 2.45) is 0 Å². The van der Waals surface area contributed by atoms with Crippen LogP contribution in [0.3, 0.4) is 0 Å². The molecule has 0 saturated heterocycles. The molecule has 6 heteroatoms. The van der Waals surface area contributed by atoms with Crippen LogP contribution >= 0.6 is 0 Å². The number of aromatic nitrogens is 4. The summed E-state index contributed by atoms with van der Waals surface area (Å²) in [6.45, 7) is 5.45. The molecule has 3 aromatic rings. The molecule has 1 N–H and O–H groups in total. The number of carbonyl (C=O) groups excluding carboxylic acids is 1. The third-order valence-corrected chi connectivity index (χ3v) is 3.93. The highest BCUT2D eigenvalue weighted by Gasteiger charge is 2.09. The lowest BCUT2D eigenvalue weighted by molar-refractivity contribution is 0.0948. The van der Waals surface area contributed by atoms with Crippen molar-refractivity contribution in [3.63, 3.8) is 0 Å². The first-order valence-corrected chi connectivity index (χ1v) is 8.00. The van der Waals surface area contributed by atoms with E-state index in [1.54, 1.807) is 18.7 Å². The number of rotatable bonds is 6. The van der Waals surface area contributed by atoms with Crippen LogP contribution < -0.4 is 5.32 Å². The zero-order valence-electron chi connectivity index (χ0n) is 13.9. The molecule has 0 bridgehead atoms. The van der Waals surface area contributed by atoms with Gasteiger partial charge in [-0.2, -0.15) is 0 Å². The molecule has 0 atom stereocenters. The van der Waals surface area contributed by atoms with E-state index in [2.05, 4.69) is 19.9 Å². The highest BCUT2D eigenvalue weighted by atomic mass is 16.1. The normalized spacial score (nSPS) is 10.8. The monoisotopic (exact) mass is 323 g/mol. The van der Waals surface area contributed by atoms with E-state index in [1.807, 2.05) is 48.9 Å². The molecule has 1 amide bonds. The largest absolute Gasteiger partial charge is 0.351 e. The van der Waals surface area contributed by atoms with Crippen LogP contribution in [0.25, 0.3) is 5.69 Å². The van der Waals surface area contributed by atoms with E-state index >= 15 is 0 Å². The molecule has 24 heavy (non-hydrogen) atoms. The fourth-order valence-corrected chi connectivity index (χ4v) is 2.48. The molecule has 0 fully saturated rings. The van der Waals surface area contributed by atoms with Crippen molar-refractivity contribution < 1.29 is 4.79 Å². The van der Waals surface area contributed by atoms with E-state index < -0.39 is 0 Å². The Morgan fingerprint density at radius 1 is 1.17 bits per heavy atom. The number of benzene rings is 1. The SMILES string of the molecule is Cc1ccc(-n2cnc(C(=O)NCCCn3ccnc3C)c2)cc1. The van der Waals surface area contributed by atoms with Crippen LogP contribution in [-0.4, -0.2) is 31.6 Å². The zero-order chi connectivity index (χ0) is 16.9. The molecule has 2 aromatic heterocycles. The molecule has 2 heterocycles. The summed E-state index contributed by atoms with van der Waals surface area (Å²) in [6.07, 6.45) is 7.99. The van der Waals surface area contributed by atoms with Gasteiger partial charge in [-0.3, -0.25) is 4.79 Å². The summed E-state index contributed by atoms with van der Waals surface area (Å²) in [5.74, 6) is 0.835. The Kier molecular flexibility index (Phi) is 4.74. The van der Waals surface area contributed by atoms with Gasteiger partial charge in [0.1, 0.15) is 17.8 Å². The van der Waals surface area contributed by atoms with Crippen molar-refractivity contribution in [2.45, 2.75) is 26.8 Å². The van der Waals surface area contributed by atoms with Gasteiger partial charge < -0.3 is 14.5 Å². The van der Waals surface area contributed by atoms with Crippen molar-refractivity contribution in [3.8, 4) is 5.69 Å². The van der Waals surface area contributed by atoms with Gasteiger partial charge in [0.15, 0.2) is 0 Å². The maximum absolute atomic E-state index is 12.2. The summed E-state index contributed by atoms with van der Waals surface area (Å²) in [5.41, 5.74) is 2.61. The number of hydrogen-bond acceptors (Lipinski definition) is 3. The second-order valence-corrected chi connectivity index (χ2v) is 5.78. The minimum atomic E-state index is -0.150. The van der Waals surface area contributed by atoms with Gasteiger partial charge >= 0.3 is 0 Å². The smallest absolute Gasteiger partial charge is 0.271 e. The molecule has 124 valence electrons. The number of nitrogens with zero attached hydrogens (tertiary/aromatic N) is 4. The average molecular weight is 323 g/mol. The summed E-state index contributed by atoms with van der Waals surface area (Å²) in [6, 6.07) is 8.08. The Bertz CT molecular complexity index is 816. The number of nitrogens with one attached hydrogen (secondary N) is 1. The maximum Gasteiger partial charge on any atom is 0.271 e. The first-order chi connectivity index (χ1) is 11.6. The molecule has 0 saturated carbocycles. The molecule has 0 spiro atoms. The molecular formula is C18H21N5O. The Morgan fingerprint density at radius 3 is 2.67 bits per heavy atom. The van der Waals surface area contributed by atoms with Gasteiger partial charge in [0, 0.05) is 37.4 Å². The first-order valence-electron chi connectivity index (χ1n) is 8.00. The average Bonchev–Trinajstić information content (AvgIpc) is 3.22. The molecule has 3 rings (SSSR count). The predicted octanol–water partition coefficient (Wildman–Crippen LogP) is 2.51. The van der Waals surface area contributed by atoms with Crippen LogP contribution in [0.1, 0.15) is 28.3 Å². The van der Waals surface area contributed by atoms with Crippen molar-refractivity contribution in [1.29, 1.82) is 0 Å². The van der Waals surface area contributed by atoms with Crippen LogP contribution in [0, 0.1) is 13.8 Å². The van der Waals surface area contributed by atoms with Crippen molar-refractivity contribution in [1.82, 2.24) is 24.4 Å². The molecule has 6 nitrogen and oxygen atoms in total. The lowest BCUT2D eigenvalue weighted by atomic mass is 10.2. The third-order valence-electron chi connectivity index (χ3n) is 3.93. The molecule has 0 aliphatic carbocycles. The predicted molar refractivity (Wildman–Crippen MR) is 92.2 cm³/mol. The van der Waals surface area contributed by atoms with E-state index in [1.165, 1.54) is 5.56 Å². The number of aryl methyl sites for hydroxylation is 3. The van der Waals surface area contributed by atoms with Crippen LogP contribution in [0.5, 0.6) is 0 Å². The summed E-state index contributed by atoms with van der Waals surface area (Å²) in [7, 11) is 0. The number of imidazole rings is 2. The summed E-state index contributed by atoms with van der Waals surface area (Å²) < 4.78 is 3.92. The molecule has 0 aliphatic heterocycles. The lowest BCUT2D eigenvalue weighted by Crippen LogP contribution is -2.25. The van der Waals surface area contributed by atoms with Gasteiger partial charge in [-0.05, 0) is 32.4 Å². The Hall–Kier alpha value is -2.89. The van der Waals surface area contributed by atoms with Crippen LogP contribution in [0.2, 0.25) is 0 Å². The fourth-order valence-electron chi connectivity index (χ4n) is 2.48. The Morgan fingerprint density at radius 2 is 1.96 bits per heavy atom. The number of hydrogen-bond donors (Lipinski definition) is 1. The first kappa shape index (κ1) is 16.0. The van der Waals surface area contributed by atoms with Gasteiger partial charge in [-0.15, -0.1) is 0 Å². The van der Waals surface area contributed by atoms with Crippen molar-refractivity contribution in [3.05, 3.63) is 66.3 Å². The fraction of sp³-hybridized carbons (Fsp3) is 0.278. The van der Waals surface area contributed by atoms with E-state index in [0.717, 1.165) is 24.5 Å². The molecule has 0 aliphatic rings. The maximum atomic E-state index is 12.2. The standard InChI is InChI=1S/C18H21N5O/c1-14-4-6-16(7-5-14)23-12-17(21-13-23)18(24)20-8-3-10-22-11-9-19-15(22)2/h4-7,9,11-13H,3,8,10H2,1-2H3,(H,20,24). The molecule has 0 unspecified atom stereocenters. The molecule has 0 radical (unpaired) electrons. The van der Waals surface area contributed by atoms with Crippen molar-refractivity contribution >= 4 is 5.91 Å². The Labute approximate surface area is 141 Å². The molecular weight excluding hydrogens is 302 g/mol. The second kappa shape index (κ2) is 7.12. The summed E-state index contributed by atoms with van der Waals surface area (Å²) in [4.78, 5) is 20.5. The topological polar surface area (TPSA) is 64.7 Å². The summed E-state index contributed by atoms with van der Waals surface area (Å²) in [5, 5.41) is 2.91. The zero-order valence-corrected chi connectivity index (χ0v) is 13.9. The molecule has 1 aromatic carbocycles. The number of amides is 1. The number of carbonyl (C=O) groups is 1. The van der Waals surface area contributed by atoms with E-state index in [4.69, 9.17) is 0 Å². The van der Waals surface area contributed by atoms with Crippen molar-refractivity contribution in [2.75, 3.05) is 6.54 Å². The van der Waals surface area contributed by atoms with Gasteiger partial charge in [0.2, 0.25) is 0 Å². The second-order valence-electron chi connectivity index (χ2n) is 5.78. The van der Waals surface area contributed by atoms with Gasteiger partial charge in [0.05, 0.1) is 0 Å². The van der Waals surface area contributed by atoms with Crippen LogP contribution in [0.4, 0.5) is 0 Å². The lowest BCUT2D eigenvalue weighted by Gasteiger charge is -2.06. The highest BCUT2D eigenvalue weighted by molar-refractivity contribution is 5.92.